The van der Waals surface area contributed by atoms with Gasteiger partial charge < -0.3 is 0 Å². The van der Waals surface area contributed by atoms with E-state index < -0.39 is 0 Å². The van der Waals surface area contributed by atoms with E-state index in [2.05, 4.69) is 20.2 Å². The fourth-order valence-corrected chi connectivity index (χ4v) is 1.55. The van der Waals surface area contributed by atoms with Crippen LogP contribution in [0.2, 0.25) is 0 Å². The molecule has 0 saturated carbocycles. The van der Waals surface area contributed by atoms with Gasteiger partial charge in [0, 0.05) is 12.3 Å². The van der Waals surface area contributed by atoms with Crippen molar-refractivity contribution in [2.24, 2.45) is 0 Å². The number of nitrogens with zero attached hydrogens (tertiary/aromatic N) is 6. The van der Waals surface area contributed by atoms with Gasteiger partial charge in [0.2, 0.25) is 0 Å². The van der Waals surface area contributed by atoms with Crippen LogP contribution in [-0.2, 0) is 6.42 Å². The molecule has 0 amide bonds. The number of carbonyl (C=O) groups excluding carboxylic acids is 1. The number of hydrogen-bond acceptors (Lipinski definition) is 5. The van der Waals surface area contributed by atoms with Crippen molar-refractivity contribution in [3.63, 3.8) is 0 Å². The minimum absolute atomic E-state index is 0.186. The largest absolute Gasteiger partial charge is 0.372 e. The number of hydrogen-bond donors (Lipinski definition) is 0. The second-order valence-corrected chi connectivity index (χ2v) is 4.33. The Labute approximate surface area is 105 Å². The smallest absolute Gasteiger partial charge is 0.243 e. The van der Waals surface area contributed by atoms with Crippen molar-refractivity contribution in [3.8, 4) is 0 Å². The Morgan fingerprint density at radius 1 is 1.44 bits per heavy atom. The van der Waals surface area contributed by atoms with E-state index in [1.54, 1.807) is 0 Å². The van der Waals surface area contributed by atoms with Crippen LogP contribution >= 0.6 is 0 Å². The zero-order chi connectivity index (χ0) is 13.1. The molecule has 0 aromatic carbocycles. The summed E-state index contributed by atoms with van der Waals surface area (Å²) in [6.45, 7) is 6.03. The zero-order valence-corrected chi connectivity index (χ0v) is 10.7. The molecular weight excluding hydrogens is 232 g/mol. The van der Waals surface area contributed by atoms with Gasteiger partial charge in [-0.1, -0.05) is 20.8 Å². The predicted molar refractivity (Wildman–Crippen MR) is 64.3 cm³/mol. The quantitative estimate of drug-likeness (QED) is 0.821. The number of aromatic nitrogens is 6. The third kappa shape index (κ3) is 2.29. The molecule has 0 fully saturated rings. The molecule has 2 rings (SSSR count). The molecule has 0 saturated heterocycles. The maximum atomic E-state index is 12.2. The highest BCUT2D eigenvalue weighted by atomic mass is 16.2. The summed E-state index contributed by atoms with van der Waals surface area (Å²) in [4.78, 5) is 20.3. The molecule has 96 valence electrons. The van der Waals surface area contributed by atoms with Gasteiger partial charge in [-0.3, -0.25) is 0 Å². The lowest BCUT2D eigenvalue weighted by Gasteiger charge is -2.02. The number of aryl methyl sites for hydroxylation is 1. The third-order valence-corrected chi connectivity index (χ3v) is 2.48. The van der Waals surface area contributed by atoms with Crippen molar-refractivity contribution in [2.45, 2.75) is 39.5 Å². The molecule has 0 radical (unpaired) electrons. The van der Waals surface area contributed by atoms with Crippen molar-refractivity contribution in [1.29, 1.82) is 0 Å². The summed E-state index contributed by atoms with van der Waals surface area (Å²) in [7, 11) is 0. The molecule has 7 nitrogen and oxygen atoms in total. The lowest BCUT2D eigenvalue weighted by Crippen LogP contribution is -2.23. The summed E-state index contributed by atoms with van der Waals surface area (Å²) in [5.41, 5.74) is 0. The molecule has 18 heavy (non-hydrogen) atoms. The maximum absolute atomic E-state index is 12.2. The van der Waals surface area contributed by atoms with Gasteiger partial charge in [-0.05, 0) is 6.42 Å². The van der Waals surface area contributed by atoms with Crippen molar-refractivity contribution >= 4 is 6.03 Å². The Morgan fingerprint density at radius 3 is 2.78 bits per heavy atom. The highest BCUT2D eigenvalue weighted by Crippen LogP contribution is 2.11. The minimum atomic E-state index is -0.352. The van der Waals surface area contributed by atoms with Crippen LogP contribution in [0.1, 0.15) is 44.8 Å². The molecule has 0 atom stereocenters. The van der Waals surface area contributed by atoms with E-state index in [1.807, 2.05) is 20.8 Å². The highest BCUT2D eigenvalue weighted by Gasteiger charge is 2.18. The van der Waals surface area contributed by atoms with Gasteiger partial charge in [0.1, 0.15) is 18.5 Å². The first-order chi connectivity index (χ1) is 8.63. The van der Waals surface area contributed by atoms with Crippen LogP contribution in [0.25, 0.3) is 0 Å². The van der Waals surface area contributed by atoms with E-state index in [-0.39, 0.29) is 11.9 Å². The van der Waals surface area contributed by atoms with Crippen LogP contribution in [0.5, 0.6) is 0 Å². The highest BCUT2D eigenvalue weighted by molar-refractivity contribution is 5.77. The second-order valence-electron chi connectivity index (χ2n) is 4.33. The average Bonchev–Trinajstić information content (AvgIpc) is 2.97. The Balaban J connectivity index is 2.39. The van der Waals surface area contributed by atoms with Crippen LogP contribution in [-0.4, -0.2) is 35.6 Å². The molecule has 0 aliphatic carbocycles. The molecule has 0 bridgehead atoms. The molecule has 0 N–H and O–H groups in total. The Hall–Kier alpha value is -2.05. The molecule has 2 aromatic heterocycles. The van der Waals surface area contributed by atoms with Gasteiger partial charge in [-0.25, -0.2) is 14.8 Å². The van der Waals surface area contributed by atoms with E-state index >= 15 is 0 Å². The van der Waals surface area contributed by atoms with Crippen molar-refractivity contribution in [3.05, 3.63) is 24.3 Å². The second kappa shape index (κ2) is 5.07. The van der Waals surface area contributed by atoms with Gasteiger partial charge in [0.25, 0.3) is 0 Å². The summed E-state index contributed by atoms with van der Waals surface area (Å²) in [6.07, 6.45) is 4.29. The molecule has 0 aliphatic heterocycles. The molecule has 2 aromatic rings. The standard InChI is InChI=1S/C11H16N6O/c1-4-5-9-14-10(8(2)3)15-17(9)11(18)16-7-12-6-13-16/h6-8H,4-5H2,1-3H3. The lowest BCUT2D eigenvalue weighted by molar-refractivity contribution is 0.237. The number of rotatable bonds is 3. The fourth-order valence-electron chi connectivity index (χ4n) is 1.55. The van der Waals surface area contributed by atoms with E-state index in [4.69, 9.17) is 0 Å². The summed E-state index contributed by atoms with van der Waals surface area (Å²) in [5, 5.41) is 8.07. The Bertz CT molecular complexity index is 528. The van der Waals surface area contributed by atoms with Crippen molar-refractivity contribution in [1.82, 2.24) is 29.5 Å². The molecule has 0 spiro atoms. The minimum Gasteiger partial charge on any atom is -0.243 e. The first-order valence-electron chi connectivity index (χ1n) is 5.98. The first-order valence-corrected chi connectivity index (χ1v) is 5.98. The topological polar surface area (TPSA) is 78.5 Å². The van der Waals surface area contributed by atoms with Gasteiger partial charge in [-0.2, -0.15) is 14.5 Å². The number of carbonyl (C=O) groups is 1. The molecule has 0 unspecified atom stereocenters. The van der Waals surface area contributed by atoms with E-state index in [0.29, 0.717) is 18.1 Å². The molecule has 2 heterocycles. The van der Waals surface area contributed by atoms with Crippen LogP contribution in [0.4, 0.5) is 4.79 Å². The maximum Gasteiger partial charge on any atom is 0.372 e. The average molecular weight is 248 g/mol. The van der Waals surface area contributed by atoms with Gasteiger partial charge >= 0.3 is 6.03 Å². The predicted octanol–water partition coefficient (Wildman–Crippen LogP) is 1.46. The normalized spacial score (nSPS) is 11.1. The SMILES string of the molecule is CCCc1nc(C(C)C)nn1C(=O)n1cncn1. The fraction of sp³-hybridized carbons (Fsp3) is 0.545. The Kier molecular flexibility index (Phi) is 3.50. The van der Waals surface area contributed by atoms with Crippen LogP contribution in [0.3, 0.4) is 0 Å². The van der Waals surface area contributed by atoms with E-state index in [0.717, 1.165) is 11.1 Å². The first kappa shape index (κ1) is 12.4. The van der Waals surface area contributed by atoms with Crippen molar-refractivity contribution < 1.29 is 4.79 Å². The van der Waals surface area contributed by atoms with E-state index in [1.165, 1.54) is 17.3 Å². The van der Waals surface area contributed by atoms with Gasteiger partial charge in [0.15, 0.2) is 5.82 Å². The monoisotopic (exact) mass is 248 g/mol. The molecular formula is C11H16N6O. The van der Waals surface area contributed by atoms with Crippen LogP contribution < -0.4 is 0 Å². The summed E-state index contributed by atoms with van der Waals surface area (Å²) in [5.74, 6) is 1.53. The van der Waals surface area contributed by atoms with Crippen molar-refractivity contribution in [2.75, 3.05) is 0 Å². The summed E-state index contributed by atoms with van der Waals surface area (Å²) >= 11 is 0. The summed E-state index contributed by atoms with van der Waals surface area (Å²) < 4.78 is 2.46. The van der Waals surface area contributed by atoms with Gasteiger partial charge in [0.05, 0.1) is 0 Å². The zero-order valence-electron chi connectivity index (χ0n) is 10.7. The van der Waals surface area contributed by atoms with E-state index in [9.17, 15) is 4.79 Å². The molecule has 0 aliphatic rings. The molecule has 7 heteroatoms. The third-order valence-electron chi connectivity index (χ3n) is 2.48. The summed E-state index contributed by atoms with van der Waals surface area (Å²) in [6, 6.07) is -0.352. The van der Waals surface area contributed by atoms with Gasteiger partial charge in [-0.15, -0.1) is 5.10 Å². The lowest BCUT2D eigenvalue weighted by atomic mass is 10.2. The van der Waals surface area contributed by atoms with Crippen LogP contribution in [0.15, 0.2) is 12.7 Å². The van der Waals surface area contributed by atoms with Crippen LogP contribution in [0, 0.1) is 0 Å². The Morgan fingerprint density at radius 2 is 2.22 bits per heavy atom.